The standard InChI is InChI=1S/C4H4N2O3S/c7-3-1-2-4(6-5-3)10(8)9/h1-2,6H,(H,5,7). The van der Waals surface area contributed by atoms with Gasteiger partial charge in [0.25, 0.3) is 5.56 Å². The lowest BCUT2D eigenvalue weighted by atomic mass is 10.6. The monoisotopic (exact) mass is 160 g/mol. The molecular weight excluding hydrogens is 156 g/mol. The molecule has 0 saturated heterocycles. The average Bonchev–Trinajstić information content (AvgIpc) is 1.88. The minimum absolute atomic E-state index is 0.0420. The van der Waals surface area contributed by atoms with Gasteiger partial charge in [0.15, 0.2) is 4.64 Å². The maximum absolute atomic E-state index is 10.4. The Hall–Kier alpha value is -1.30. The predicted molar refractivity (Wildman–Crippen MR) is 33.6 cm³/mol. The first kappa shape index (κ1) is 6.81. The van der Waals surface area contributed by atoms with Gasteiger partial charge in [-0.15, -0.1) is 0 Å². The molecule has 54 valence electrons. The molecule has 5 nitrogen and oxygen atoms in total. The van der Waals surface area contributed by atoms with Crippen molar-refractivity contribution < 1.29 is 8.42 Å². The van der Waals surface area contributed by atoms with E-state index >= 15 is 0 Å². The first-order valence-electron chi connectivity index (χ1n) is 2.40. The minimum Gasteiger partial charge on any atom is -0.284 e. The van der Waals surface area contributed by atoms with Crippen LogP contribution in [0.5, 0.6) is 0 Å². The fourth-order valence-electron chi connectivity index (χ4n) is 0.455. The normalized spacial score (nSPS) is 9.20. The molecule has 1 rings (SSSR count). The number of aromatic amines is 2. The number of hydrogen-bond acceptors (Lipinski definition) is 3. The molecule has 1 aromatic heterocycles. The van der Waals surface area contributed by atoms with Gasteiger partial charge in [0.2, 0.25) is 10.3 Å². The largest absolute Gasteiger partial charge is 0.284 e. The van der Waals surface area contributed by atoms with Gasteiger partial charge >= 0.3 is 0 Å². The highest BCUT2D eigenvalue weighted by molar-refractivity contribution is 7.63. The maximum Gasteiger partial charge on any atom is 0.262 e. The van der Waals surface area contributed by atoms with E-state index in [1.165, 1.54) is 6.07 Å². The molecule has 0 atom stereocenters. The van der Waals surface area contributed by atoms with Gasteiger partial charge in [-0.25, -0.2) is 0 Å². The molecule has 2 N–H and O–H groups in total. The van der Waals surface area contributed by atoms with E-state index in [-0.39, 0.29) is 10.2 Å². The Morgan fingerprint density at radius 1 is 1.20 bits per heavy atom. The van der Waals surface area contributed by atoms with Gasteiger partial charge in [0, 0.05) is 6.07 Å². The lowest BCUT2D eigenvalue weighted by Crippen LogP contribution is -2.04. The summed E-state index contributed by atoms with van der Waals surface area (Å²) in [5.41, 5.74) is -0.366. The number of H-pyrrole nitrogens is 2. The highest BCUT2D eigenvalue weighted by atomic mass is 32.2. The van der Waals surface area contributed by atoms with Gasteiger partial charge < -0.3 is 0 Å². The van der Waals surface area contributed by atoms with E-state index in [2.05, 4.69) is 10.2 Å². The highest BCUT2D eigenvalue weighted by Gasteiger charge is 1.80. The van der Waals surface area contributed by atoms with Crippen molar-refractivity contribution in [3.05, 3.63) is 27.1 Å². The SMILES string of the molecule is O=c1ccc(=S(=O)=O)[nH][nH]1. The van der Waals surface area contributed by atoms with Gasteiger partial charge in [0.05, 0.1) is 0 Å². The van der Waals surface area contributed by atoms with E-state index in [0.717, 1.165) is 6.07 Å². The second kappa shape index (κ2) is 2.53. The Morgan fingerprint density at radius 3 is 2.30 bits per heavy atom. The molecule has 0 bridgehead atoms. The topological polar surface area (TPSA) is 82.8 Å². The van der Waals surface area contributed by atoms with Crippen LogP contribution in [0.2, 0.25) is 0 Å². The molecule has 0 aliphatic rings. The maximum atomic E-state index is 10.4. The van der Waals surface area contributed by atoms with Crippen LogP contribution in [0.1, 0.15) is 0 Å². The van der Waals surface area contributed by atoms with Crippen molar-refractivity contribution in [2.24, 2.45) is 0 Å². The zero-order chi connectivity index (χ0) is 7.56. The summed E-state index contributed by atoms with van der Waals surface area (Å²) in [6.45, 7) is 0. The summed E-state index contributed by atoms with van der Waals surface area (Å²) in [7, 11) is -2.31. The van der Waals surface area contributed by atoms with Gasteiger partial charge in [-0.05, 0) is 6.07 Å². The summed E-state index contributed by atoms with van der Waals surface area (Å²) in [6.07, 6.45) is 0. The van der Waals surface area contributed by atoms with Crippen molar-refractivity contribution in [2.45, 2.75) is 0 Å². The highest BCUT2D eigenvalue weighted by Crippen LogP contribution is 1.70. The Labute approximate surface area is 56.9 Å². The van der Waals surface area contributed by atoms with Crippen molar-refractivity contribution in [1.29, 1.82) is 0 Å². The second-order valence-corrected chi connectivity index (χ2v) is 2.46. The van der Waals surface area contributed by atoms with Crippen molar-refractivity contribution in [1.82, 2.24) is 10.2 Å². The van der Waals surface area contributed by atoms with Crippen LogP contribution in [-0.4, -0.2) is 18.6 Å². The second-order valence-electron chi connectivity index (χ2n) is 1.55. The molecule has 0 amide bonds. The summed E-state index contributed by atoms with van der Waals surface area (Å²) in [5, 5.41) is 4.29. The molecule has 0 aliphatic carbocycles. The molecule has 1 heterocycles. The third kappa shape index (κ3) is 1.35. The lowest BCUT2D eigenvalue weighted by molar-refractivity contribution is 0.623. The van der Waals surface area contributed by atoms with Gasteiger partial charge in [0.1, 0.15) is 0 Å². The molecule has 0 radical (unpaired) electrons. The first-order chi connectivity index (χ1) is 4.70. The van der Waals surface area contributed by atoms with Crippen LogP contribution < -0.4 is 5.56 Å². The number of nitrogens with one attached hydrogen (secondary N) is 2. The zero-order valence-corrected chi connectivity index (χ0v) is 5.60. The van der Waals surface area contributed by atoms with Crippen LogP contribution in [0.25, 0.3) is 0 Å². The van der Waals surface area contributed by atoms with Crippen LogP contribution in [0.15, 0.2) is 16.9 Å². The Bertz CT molecular complexity index is 407. The summed E-state index contributed by atoms with van der Waals surface area (Å²) in [4.78, 5) is 10.4. The smallest absolute Gasteiger partial charge is 0.262 e. The Kier molecular flexibility index (Phi) is 1.72. The van der Waals surface area contributed by atoms with Gasteiger partial charge in [-0.3, -0.25) is 15.0 Å². The third-order valence-electron chi connectivity index (χ3n) is 0.875. The van der Waals surface area contributed by atoms with Gasteiger partial charge in [-0.1, -0.05) is 0 Å². The van der Waals surface area contributed by atoms with Crippen molar-refractivity contribution in [2.75, 3.05) is 0 Å². The van der Waals surface area contributed by atoms with E-state index < -0.39 is 10.3 Å². The van der Waals surface area contributed by atoms with E-state index in [9.17, 15) is 13.2 Å². The van der Waals surface area contributed by atoms with Crippen LogP contribution in [-0.2, 0) is 10.3 Å². The van der Waals surface area contributed by atoms with E-state index in [1.807, 2.05) is 0 Å². The fraction of sp³-hybridized carbons (Fsp3) is 0. The molecule has 0 saturated carbocycles. The molecule has 1 aromatic rings. The van der Waals surface area contributed by atoms with E-state index in [4.69, 9.17) is 0 Å². The molecule has 6 heteroatoms. The first-order valence-corrected chi connectivity index (χ1v) is 3.48. The lowest BCUT2D eigenvalue weighted by Gasteiger charge is -1.78. The van der Waals surface area contributed by atoms with Crippen molar-refractivity contribution in [3.8, 4) is 0 Å². The molecule has 0 fully saturated rings. The average molecular weight is 160 g/mol. The van der Waals surface area contributed by atoms with E-state index in [1.54, 1.807) is 0 Å². The minimum atomic E-state index is -2.31. The van der Waals surface area contributed by atoms with Gasteiger partial charge in [-0.2, -0.15) is 8.42 Å². The molecule has 0 aromatic carbocycles. The van der Waals surface area contributed by atoms with Crippen LogP contribution in [0.3, 0.4) is 0 Å². The number of aromatic nitrogens is 2. The third-order valence-corrected chi connectivity index (χ3v) is 1.47. The summed E-state index contributed by atoms with van der Waals surface area (Å²) in [5.74, 6) is 0. The Morgan fingerprint density at radius 2 is 1.90 bits per heavy atom. The van der Waals surface area contributed by atoms with E-state index in [0.29, 0.717) is 0 Å². The van der Waals surface area contributed by atoms with Crippen LogP contribution >= 0.6 is 0 Å². The summed E-state index contributed by atoms with van der Waals surface area (Å²) < 4.78 is 20.3. The summed E-state index contributed by atoms with van der Waals surface area (Å²) in [6, 6.07) is 2.31. The fourth-order valence-corrected chi connectivity index (χ4v) is 0.769. The molecule has 0 unspecified atom stereocenters. The number of hydrogen-bond donors (Lipinski definition) is 2. The molecule has 10 heavy (non-hydrogen) atoms. The quantitative estimate of drug-likeness (QED) is 0.483. The van der Waals surface area contributed by atoms with Crippen LogP contribution in [0.4, 0.5) is 0 Å². The summed E-state index contributed by atoms with van der Waals surface area (Å²) >= 11 is 0. The van der Waals surface area contributed by atoms with Crippen molar-refractivity contribution in [3.63, 3.8) is 0 Å². The zero-order valence-electron chi connectivity index (χ0n) is 4.79. The molecule has 0 aliphatic heterocycles. The molecular formula is C4H4N2O3S. The number of rotatable bonds is 0. The predicted octanol–water partition coefficient (Wildman–Crippen LogP) is -0.886. The van der Waals surface area contributed by atoms with Crippen LogP contribution in [0, 0.1) is 4.64 Å². The molecule has 0 spiro atoms. The van der Waals surface area contributed by atoms with Crippen molar-refractivity contribution >= 4 is 10.3 Å². The Balaban J connectivity index is 3.71.